The van der Waals surface area contributed by atoms with Gasteiger partial charge in [0.1, 0.15) is 0 Å². The average molecular weight is 385 g/mol. The second-order valence-corrected chi connectivity index (χ2v) is 6.46. The molecule has 1 heterocycles. The summed E-state index contributed by atoms with van der Waals surface area (Å²) in [5.41, 5.74) is 16.6. The van der Waals surface area contributed by atoms with Crippen LogP contribution in [0.15, 0.2) is 48.7 Å². The molecular weight excluding hydrogens is 360 g/mol. The third-order valence-corrected chi connectivity index (χ3v) is 4.50. The smallest absolute Gasteiger partial charge is 0.249 e. The summed E-state index contributed by atoms with van der Waals surface area (Å²) in [6.45, 7) is 2.19. The van der Waals surface area contributed by atoms with Crippen LogP contribution in [0.4, 0.5) is 5.95 Å². The van der Waals surface area contributed by atoms with Crippen molar-refractivity contribution in [3.05, 3.63) is 59.8 Å². The molecule has 0 radical (unpaired) electrons. The number of hydrogen-bond donors (Lipinski definition) is 3. The number of unbranched alkanes of at least 4 members (excludes halogenated alkanes) is 2. The van der Waals surface area contributed by atoms with Crippen molar-refractivity contribution < 1.29 is 4.79 Å². The molecule has 0 unspecified atom stereocenters. The summed E-state index contributed by atoms with van der Waals surface area (Å²) in [7, 11) is 0. The van der Waals surface area contributed by atoms with Gasteiger partial charge in [0.2, 0.25) is 5.91 Å². The molecule has 3 rings (SSSR count). The molecule has 0 spiro atoms. The van der Waals surface area contributed by atoms with E-state index in [4.69, 9.17) is 11.5 Å². The van der Waals surface area contributed by atoms with Crippen molar-refractivity contribution in [2.75, 3.05) is 5.73 Å². The van der Waals surface area contributed by atoms with Gasteiger partial charge in [-0.1, -0.05) is 50.1 Å². The minimum absolute atomic E-state index is 0. The molecule has 0 aliphatic carbocycles. The maximum absolute atomic E-state index is 11.9. The maximum Gasteiger partial charge on any atom is 0.249 e. The van der Waals surface area contributed by atoms with Gasteiger partial charge in [-0.25, -0.2) is 4.98 Å². The van der Waals surface area contributed by atoms with Crippen LogP contribution in [0.5, 0.6) is 0 Å². The molecule has 2 aromatic carbocycles. The first kappa shape index (κ1) is 20.5. The van der Waals surface area contributed by atoms with Gasteiger partial charge in [0.15, 0.2) is 5.95 Å². The van der Waals surface area contributed by atoms with Gasteiger partial charge in [-0.2, -0.15) is 0 Å². The normalized spacial score (nSPS) is 10.4. The molecule has 5 nitrogen and oxygen atoms in total. The van der Waals surface area contributed by atoms with Crippen molar-refractivity contribution in [3.8, 4) is 22.4 Å². The van der Waals surface area contributed by atoms with E-state index in [1.54, 1.807) is 6.20 Å². The largest absolute Gasteiger partial charge is 0.369 e. The van der Waals surface area contributed by atoms with E-state index in [0.717, 1.165) is 35.2 Å². The lowest BCUT2D eigenvalue weighted by Crippen LogP contribution is -2.12. The van der Waals surface area contributed by atoms with E-state index < -0.39 is 5.91 Å². The van der Waals surface area contributed by atoms with Gasteiger partial charge in [-0.15, -0.1) is 12.4 Å². The number of aryl methyl sites for hydroxylation is 1. The van der Waals surface area contributed by atoms with Crippen molar-refractivity contribution in [2.24, 2.45) is 5.73 Å². The van der Waals surface area contributed by atoms with Gasteiger partial charge >= 0.3 is 0 Å². The highest BCUT2D eigenvalue weighted by Gasteiger charge is 2.12. The van der Waals surface area contributed by atoms with Gasteiger partial charge in [-0.05, 0) is 41.7 Å². The number of nitrogen functional groups attached to an aromatic ring is 1. The number of primary amides is 1. The first-order chi connectivity index (χ1) is 12.6. The van der Waals surface area contributed by atoms with E-state index in [0.29, 0.717) is 11.5 Å². The van der Waals surface area contributed by atoms with E-state index in [2.05, 4.69) is 23.0 Å². The molecule has 27 heavy (non-hydrogen) atoms. The molecule has 0 bridgehead atoms. The number of H-pyrrole nitrogens is 1. The SMILES string of the molecule is CCCCCc1ccc(C(N)=O)c(-c2cccc(-c3cnc(N)[nH]3)c2)c1.Cl. The number of carbonyl (C=O) groups is 1. The highest BCUT2D eigenvalue weighted by molar-refractivity contribution is 6.00. The van der Waals surface area contributed by atoms with E-state index in [-0.39, 0.29) is 12.4 Å². The van der Waals surface area contributed by atoms with E-state index in [9.17, 15) is 4.79 Å². The van der Waals surface area contributed by atoms with Crippen LogP contribution in [0, 0.1) is 0 Å². The fourth-order valence-corrected chi connectivity index (χ4v) is 3.12. The molecule has 142 valence electrons. The number of nitrogens with two attached hydrogens (primary N) is 2. The minimum Gasteiger partial charge on any atom is -0.369 e. The van der Waals surface area contributed by atoms with Crippen molar-refractivity contribution >= 4 is 24.3 Å². The van der Waals surface area contributed by atoms with E-state index in [1.165, 1.54) is 18.4 Å². The predicted octanol–water partition coefficient (Wildman–Crippen LogP) is 4.58. The Morgan fingerprint density at radius 2 is 1.89 bits per heavy atom. The fraction of sp³-hybridized carbons (Fsp3) is 0.238. The van der Waals surface area contributed by atoms with E-state index in [1.807, 2.05) is 36.4 Å². The van der Waals surface area contributed by atoms with Gasteiger partial charge < -0.3 is 16.5 Å². The molecule has 0 aliphatic rings. The van der Waals surface area contributed by atoms with Crippen LogP contribution in [-0.4, -0.2) is 15.9 Å². The van der Waals surface area contributed by atoms with Gasteiger partial charge in [0, 0.05) is 11.1 Å². The number of benzene rings is 2. The summed E-state index contributed by atoms with van der Waals surface area (Å²) in [5.74, 6) is -0.0440. The summed E-state index contributed by atoms with van der Waals surface area (Å²) in [5, 5.41) is 0. The predicted molar refractivity (Wildman–Crippen MR) is 113 cm³/mol. The Kier molecular flexibility index (Phi) is 7.02. The number of aromatic amines is 1. The molecular formula is C21H25ClN4O. The molecule has 0 fully saturated rings. The Balaban J connectivity index is 0.00000261. The monoisotopic (exact) mass is 384 g/mol. The van der Waals surface area contributed by atoms with Gasteiger partial charge in [0.25, 0.3) is 0 Å². The fourth-order valence-electron chi connectivity index (χ4n) is 3.12. The average Bonchev–Trinajstić information content (AvgIpc) is 3.08. The van der Waals surface area contributed by atoms with Gasteiger partial charge in [-0.3, -0.25) is 4.79 Å². The molecule has 1 aromatic heterocycles. The number of nitrogens with zero attached hydrogens (tertiary/aromatic N) is 1. The first-order valence-corrected chi connectivity index (χ1v) is 8.92. The molecule has 0 saturated heterocycles. The first-order valence-electron chi connectivity index (χ1n) is 8.92. The topological polar surface area (TPSA) is 97.8 Å². The Hall–Kier alpha value is -2.79. The molecule has 5 N–H and O–H groups in total. The molecule has 0 atom stereocenters. The zero-order valence-corrected chi connectivity index (χ0v) is 16.2. The number of rotatable bonds is 7. The number of amides is 1. The van der Waals surface area contributed by atoms with Crippen LogP contribution in [0.1, 0.15) is 42.1 Å². The minimum atomic E-state index is -0.420. The third-order valence-electron chi connectivity index (χ3n) is 4.50. The second-order valence-electron chi connectivity index (χ2n) is 6.46. The Labute approximate surface area is 165 Å². The molecule has 3 aromatic rings. The van der Waals surface area contributed by atoms with Crippen LogP contribution in [0.2, 0.25) is 0 Å². The van der Waals surface area contributed by atoms with Crippen LogP contribution >= 0.6 is 12.4 Å². The van der Waals surface area contributed by atoms with Crippen LogP contribution in [0.3, 0.4) is 0 Å². The lowest BCUT2D eigenvalue weighted by atomic mass is 9.93. The van der Waals surface area contributed by atoms with Crippen LogP contribution < -0.4 is 11.5 Å². The third kappa shape index (κ3) is 4.89. The van der Waals surface area contributed by atoms with Crippen LogP contribution in [-0.2, 0) is 6.42 Å². The number of hydrogen-bond acceptors (Lipinski definition) is 3. The van der Waals surface area contributed by atoms with Gasteiger partial charge in [0.05, 0.1) is 11.9 Å². The van der Waals surface area contributed by atoms with Crippen molar-refractivity contribution in [1.82, 2.24) is 9.97 Å². The number of carbonyl (C=O) groups excluding carboxylic acids is 1. The maximum atomic E-state index is 11.9. The van der Waals surface area contributed by atoms with Crippen molar-refractivity contribution in [1.29, 1.82) is 0 Å². The lowest BCUT2D eigenvalue weighted by Gasteiger charge is -2.11. The number of anilines is 1. The summed E-state index contributed by atoms with van der Waals surface area (Å²) >= 11 is 0. The molecule has 6 heteroatoms. The highest BCUT2D eigenvalue weighted by Crippen LogP contribution is 2.29. The zero-order valence-electron chi connectivity index (χ0n) is 15.4. The van der Waals surface area contributed by atoms with Crippen molar-refractivity contribution in [3.63, 3.8) is 0 Å². The molecule has 0 aliphatic heterocycles. The van der Waals surface area contributed by atoms with Crippen molar-refractivity contribution in [2.45, 2.75) is 32.6 Å². The number of halogens is 1. The number of aromatic nitrogens is 2. The quantitative estimate of drug-likeness (QED) is 0.520. The number of nitrogens with one attached hydrogen (secondary N) is 1. The zero-order chi connectivity index (χ0) is 18.5. The Morgan fingerprint density at radius 1 is 1.11 bits per heavy atom. The molecule has 0 saturated carbocycles. The Bertz CT molecular complexity index is 920. The lowest BCUT2D eigenvalue weighted by molar-refractivity contribution is 0.100. The summed E-state index contributed by atoms with van der Waals surface area (Å²) in [6, 6.07) is 13.8. The molecule has 1 amide bonds. The summed E-state index contributed by atoms with van der Waals surface area (Å²) < 4.78 is 0. The number of imidazole rings is 1. The second kappa shape index (κ2) is 9.24. The summed E-state index contributed by atoms with van der Waals surface area (Å²) in [4.78, 5) is 19.0. The Morgan fingerprint density at radius 3 is 2.56 bits per heavy atom. The summed E-state index contributed by atoms with van der Waals surface area (Å²) in [6.07, 6.45) is 6.21. The van der Waals surface area contributed by atoms with Crippen LogP contribution in [0.25, 0.3) is 22.4 Å². The van der Waals surface area contributed by atoms with E-state index >= 15 is 0 Å². The standard InChI is InChI=1S/C21H24N4O.ClH/c1-2-3-4-6-14-9-10-17(20(22)26)18(11-14)15-7-5-8-16(12-15)19-13-24-21(23)25-19;/h5,7-13H,2-4,6H2,1H3,(H2,22,26)(H3,23,24,25);1H. The highest BCUT2D eigenvalue weighted by atomic mass is 35.5.